The van der Waals surface area contributed by atoms with Crippen LogP contribution in [-0.2, 0) is 30.4 Å². The fraction of sp³-hybridized carbons (Fsp3) is 0.429. The maximum Gasteiger partial charge on any atom is 0.334 e. The second kappa shape index (κ2) is 13.5. The van der Waals surface area contributed by atoms with E-state index in [1.54, 1.807) is 35.5 Å². The number of rotatable bonds is 9. The van der Waals surface area contributed by atoms with Gasteiger partial charge >= 0.3 is 11.9 Å². The van der Waals surface area contributed by atoms with E-state index in [1.165, 1.54) is 18.9 Å². The number of amides is 1. The number of methoxy groups -OCH3 is 1. The molecule has 1 fully saturated rings. The van der Waals surface area contributed by atoms with E-state index >= 15 is 0 Å². The summed E-state index contributed by atoms with van der Waals surface area (Å²) >= 11 is 14.3. The molecule has 0 bridgehead atoms. The minimum atomic E-state index is -0.399. The van der Waals surface area contributed by atoms with Crippen LogP contribution < -0.4 is 4.90 Å². The van der Waals surface area contributed by atoms with Crippen molar-refractivity contribution < 1.29 is 23.9 Å². The smallest absolute Gasteiger partial charge is 0.334 e. The summed E-state index contributed by atoms with van der Waals surface area (Å²) in [5.41, 5.74) is 2.13. The first-order valence-electron chi connectivity index (χ1n) is 12.7. The highest BCUT2D eigenvalue weighted by atomic mass is 35.5. The van der Waals surface area contributed by atoms with Crippen LogP contribution in [0.25, 0.3) is 0 Å². The van der Waals surface area contributed by atoms with Crippen molar-refractivity contribution in [3.63, 3.8) is 0 Å². The number of aromatic nitrogens is 1. The fourth-order valence-electron chi connectivity index (χ4n) is 4.73. The molecule has 0 unspecified atom stereocenters. The van der Waals surface area contributed by atoms with Gasteiger partial charge in [0.2, 0.25) is 0 Å². The van der Waals surface area contributed by atoms with E-state index in [4.69, 9.17) is 32.7 Å². The van der Waals surface area contributed by atoms with Crippen molar-refractivity contribution in [2.45, 2.75) is 68.9 Å². The zero-order valence-electron chi connectivity index (χ0n) is 21.2. The molecule has 1 amide bonds. The van der Waals surface area contributed by atoms with Crippen LogP contribution in [0.1, 0.15) is 56.9 Å². The SMILES string of the molecule is COC(=O)CSc1cc(N(Cc2cccnc2)C(=O)C2=C(C(=O)OC3CCCC3)CCCC2)c(Cl)cc1Cl. The molecule has 1 aromatic heterocycles. The molecule has 2 aliphatic rings. The summed E-state index contributed by atoms with van der Waals surface area (Å²) in [5, 5.41) is 0.639. The molecule has 2 aromatic rings. The first-order valence-corrected chi connectivity index (χ1v) is 14.4. The number of thioether (sulfide) groups is 1. The van der Waals surface area contributed by atoms with Gasteiger partial charge in [-0.25, -0.2) is 4.79 Å². The van der Waals surface area contributed by atoms with E-state index in [1.807, 2.05) is 6.07 Å². The Bertz CT molecular complexity index is 1220. The summed E-state index contributed by atoms with van der Waals surface area (Å²) in [6, 6.07) is 6.93. The number of halogens is 2. The average Bonchev–Trinajstić information content (AvgIpc) is 3.44. The lowest BCUT2D eigenvalue weighted by atomic mass is 9.90. The lowest BCUT2D eigenvalue weighted by Gasteiger charge is -2.28. The van der Waals surface area contributed by atoms with Gasteiger partial charge in [-0.3, -0.25) is 14.6 Å². The van der Waals surface area contributed by atoms with Gasteiger partial charge in [0.25, 0.3) is 5.91 Å². The summed E-state index contributed by atoms with van der Waals surface area (Å²) in [6.07, 6.45) is 9.69. The molecule has 0 atom stereocenters. The molecule has 2 aliphatic carbocycles. The largest absolute Gasteiger partial charge is 0.468 e. The second-order valence-electron chi connectivity index (χ2n) is 9.33. The number of pyridine rings is 1. The van der Waals surface area contributed by atoms with Gasteiger partial charge in [0.15, 0.2) is 0 Å². The molecule has 0 aliphatic heterocycles. The van der Waals surface area contributed by atoms with E-state index < -0.39 is 11.9 Å². The Kier molecular flexibility index (Phi) is 10.1. The number of anilines is 1. The molecule has 1 aromatic carbocycles. The number of hydrogen-bond donors (Lipinski definition) is 0. The lowest BCUT2D eigenvalue weighted by molar-refractivity contribution is -0.144. The van der Waals surface area contributed by atoms with Gasteiger partial charge in [-0.1, -0.05) is 29.3 Å². The van der Waals surface area contributed by atoms with Crippen molar-refractivity contribution in [2.24, 2.45) is 0 Å². The van der Waals surface area contributed by atoms with Gasteiger partial charge in [-0.2, -0.15) is 0 Å². The number of carbonyl (C=O) groups is 3. The molecule has 0 radical (unpaired) electrons. The van der Waals surface area contributed by atoms with E-state index in [9.17, 15) is 14.4 Å². The predicted octanol–water partition coefficient (Wildman–Crippen LogP) is 6.54. The number of hydrogen-bond acceptors (Lipinski definition) is 7. The van der Waals surface area contributed by atoms with Crippen LogP contribution in [0.4, 0.5) is 5.69 Å². The molecule has 0 saturated heterocycles. The van der Waals surface area contributed by atoms with Crippen LogP contribution in [0.15, 0.2) is 52.7 Å². The first kappa shape index (κ1) is 28.5. The Balaban J connectivity index is 1.72. The van der Waals surface area contributed by atoms with Crippen LogP contribution in [0.5, 0.6) is 0 Å². The van der Waals surface area contributed by atoms with E-state index in [2.05, 4.69) is 4.98 Å². The molecule has 10 heteroatoms. The standard InChI is InChI=1S/C28H30Cl2N2O5S/c1-36-26(33)17-38-25-14-24(22(29)13-23(25)30)32(16-18-7-6-12-31-15-18)27(34)20-10-4-5-11-21(20)28(35)37-19-8-2-3-9-19/h6-7,12-15,19H,2-5,8-11,16-17H2,1H3. The molecule has 7 nitrogen and oxygen atoms in total. The molecular weight excluding hydrogens is 547 g/mol. The van der Waals surface area contributed by atoms with Gasteiger partial charge < -0.3 is 14.4 Å². The molecule has 4 rings (SSSR count). The minimum Gasteiger partial charge on any atom is -0.468 e. The summed E-state index contributed by atoms with van der Waals surface area (Å²) < 4.78 is 10.5. The third-order valence-electron chi connectivity index (χ3n) is 6.72. The van der Waals surface area contributed by atoms with Gasteiger partial charge in [-0.15, -0.1) is 11.8 Å². The topological polar surface area (TPSA) is 85.8 Å². The number of ether oxygens (including phenoxy) is 2. The zero-order chi connectivity index (χ0) is 27.1. The Hall–Kier alpha value is -2.55. The number of benzene rings is 1. The van der Waals surface area contributed by atoms with Crippen LogP contribution in [0.3, 0.4) is 0 Å². The normalized spacial score (nSPS) is 15.9. The molecule has 38 heavy (non-hydrogen) atoms. The summed E-state index contributed by atoms with van der Waals surface area (Å²) in [6.45, 7) is 0.184. The molecule has 0 spiro atoms. The molecule has 1 saturated carbocycles. The minimum absolute atomic E-state index is 0.0517. The van der Waals surface area contributed by atoms with Gasteiger partial charge in [-0.05, 0) is 75.1 Å². The van der Waals surface area contributed by atoms with Crippen LogP contribution in [0.2, 0.25) is 10.0 Å². The predicted molar refractivity (Wildman–Crippen MR) is 148 cm³/mol. The Labute approximate surface area is 236 Å². The van der Waals surface area contributed by atoms with E-state index in [0.717, 1.165) is 44.1 Å². The molecular formula is C28H30Cl2N2O5S. The highest BCUT2D eigenvalue weighted by Crippen LogP contribution is 2.39. The second-order valence-corrected chi connectivity index (χ2v) is 11.2. The van der Waals surface area contributed by atoms with E-state index in [0.29, 0.717) is 39.6 Å². The maximum atomic E-state index is 14.2. The Morgan fingerprint density at radius 3 is 2.47 bits per heavy atom. The van der Waals surface area contributed by atoms with Crippen molar-refractivity contribution in [1.82, 2.24) is 4.98 Å². The maximum absolute atomic E-state index is 14.2. The van der Waals surface area contributed by atoms with Crippen LogP contribution in [-0.4, -0.2) is 41.8 Å². The van der Waals surface area contributed by atoms with Crippen molar-refractivity contribution >= 4 is 58.5 Å². The van der Waals surface area contributed by atoms with Gasteiger partial charge in [0, 0.05) is 28.4 Å². The number of nitrogens with zero attached hydrogens (tertiary/aromatic N) is 2. The van der Waals surface area contributed by atoms with Gasteiger partial charge in [0.1, 0.15) is 6.10 Å². The monoisotopic (exact) mass is 576 g/mol. The Morgan fingerprint density at radius 2 is 1.79 bits per heavy atom. The van der Waals surface area contributed by atoms with Crippen molar-refractivity contribution in [3.8, 4) is 0 Å². The fourth-order valence-corrected chi connectivity index (χ4v) is 6.16. The van der Waals surface area contributed by atoms with Crippen LogP contribution in [0, 0.1) is 0 Å². The first-order chi connectivity index (χ1) is 18.4. The number of esters is 2. The highest BCUT2D eigenvalue weighted by molar-refractivity contribution is 8.00. The molecule has 0 N–H and O–H groups in total. The lowest BCUT2D eigenvalue weighted by Crippen LogP contribution is -2.34. The third-order valence-corrected chi connectivity index (χ3v) is 8.48. The highest BCUT2D eigenvalue weighted by Gasteiger charge is 2.31. The summed E-state index contributed by atoms with van der Waals surface area (Å²) in [5.74, 6) is -1.04. The molecule has 1 heterocycles. The summed E-state index contributed by atoms with van der Waals surface area (Å²) in [4.78, 5) is 45.4. The van der Waals surface area contributed by atoms with Crippen LogP contribution >= 0.6 is 35.0 Å². The third kappa shape index (κ3) is 7.10. The average molecular weight is 578 g/mol. The van der Waals surface area contributed by atoms with Gasteiger partial charge in [0.05, 0.1) is 35.1 Å². The number of carbonyl (C=O) groups excluding carboxylic acids is 3. The van der Waals surface area contributed by atoms with Crippen molar-refractivity contribution in [1.29, 1.82) is 0 Å². The van der Waals surface area contributed by atoms with Crippen molar-refractivity contribution in [3.05, 3.63) is 63.4 Å². The quantitative estimate of drug-likeness (QED) is 0.247. The zero-order valence-corrected chi connectivity index (χ0v) is 23.5. The summed E-state index contributed by atoms with van der Waals surface area (Å²) in [7, 11) is 1.32. The van der Waals surface area contributed by atoms with E-state index in [-0.39, 0.29) is 29.3 Å². The molecule has 202 valence electrons. The Morgan fingerprint density at radius 1 is 1.05 bits per heavy atom. The van der Waals surface area contributed by atoms with Crippen molar-refractivity contribution in [2.75, 3.05) is 17.8 Å².